The minimum absolute atomic E-state index is 0.645. The Morgan fingerprint density at radius 1 is 1.29 bits per heavy atom. The smallest absolute Gasteiger partial charge is 0.157 e. The summed E-state index contributed by atoms with van der Waals surface area (Å²) in [5.41, 5.74) is 7.02. The van der Waals surface area contributed by atoms with Crippen molar-refractivity contribution in [3.05, 3.63) is 21.5 Å². The third-order valence-corrected chi connectivity index (χ3v) is 6.06. The van der Waals surface area contributed by atoms with Gasteiger partial charge in [-0.15, -0.1) is 21.5 Å². The third-order valence-electron chi connectivity index (χ3n) is 2.66. The van der Waals surface area contributed by atoms with Gasteiger partial charge in [-0.1, -0.05) is 11.3 Å². The number of thiophene rings is 1. The minimum atomic E-state index is 0.645. The Bertz CT molecular complexity index is 494. The number of hydrogen-bond donors (Lipinski definition) is 1. The molecule has 1 aliphatic heterocycles. The Hall–Kier alpha value is -0.430. The second-order valence-corrected chi connectivity index (χ2v) is 7.21. The Morgan fingerprint density at radius 3 is 3.06 bits per heavy atom. The molecule has 0 amide bonds. The van der Waals surface area contributed by atoms with Gasteiger partial charge >= 0.3 is 0 Å². The minimum Gasteiger partial charge on any atom is -0.330 e. The second kappa shape index (κ2) is 5.06. The first-order valence-electron chi connectivity index (χ1n) is 5.59. The molecule has 2 N–H and O–H groups in total. The van der Waals surface area contributed by atoms with Crippen molar-refractivity contribution < 1.29 is 0 Å². The van der Waals surface area contributed by atoms with Crippen LogP contribution in [0, 0.1) is 0 Å². The topological polar surface area (TPSA) is 51.8 Å². The molecular weight excluding hydrogens is 270 g/mol. The number of aromatic nitrogens is 2. The summed E-state index contributed by atoms with van der Waals surface area (Å²) < 4.78 is 0. The Balaban J connectivity index is 1.89. The molecular formula is C11H13N3S3. The van der Waals surface area contributed by atoms with E-state index in [1.807, 2.05) is 23.1 Å². The van der Waals surface area contributed by atoms with Gasteiger partial charge in [-0.3, -0.25) is 0 Å². The quantitative estimate of drug-likeness (QED) is 0.940. The third kappa shape index (κ3) is 2.40. The molecule has 0 aromatic carbocycles. The van der Waals surface area contributed by atoms with Gasteiger partial charge in [-0.2, -0.15) is 11.8 Å². The summed E-state index contributed by atoms with van der Waals surface area (Å²) in [6, 6.07) is 2.29. The molecule has 6 heteroatoms. The summed E-state index contributed by atoms with van der Waals surface area (Å²) in [7, 11) is 0. The van der Waals surface area contributed by atoms with E-state index in [2.05, 4.69) is 16.3 Å². The highest BCUT2D eigenvalue weighted by Crippen LogP contribution is 2.37. The molecule has 90 valence electrons. The number of nitrogens with two attached hydrogens (primary N) is 1. The number of rotatable bonds is 3. The molecule has 0 saturated heterocycles. The van der Waals surface area contributed by atoms with Crippen LogP contribution in [0.1, 0.15) is 15.4 Å². The highest BCUT2D eigenvalue weighted by Gasteiger charge is 2.16. The lowest BCUT2D eigenvalue weighted by molar-refractivity contribution is 0.914. The first kappa shape index (κ1) is 11.6. The van der Waals surface area contributed by atoms with Crippen molar-refractivity contribution in [1.82, 2.24) is 10.2 Å². The number of thioether (sulfide) groups is 1. The largest absolute Gasteiger partial charge is 0.330 e. The summed E-state index contributed by atoms with van der Waals surface area (Å²) in [6.45, 7) is 0.645. The van der Waals surface area contributed by atoms with Gasteiger partial charge in [0.2, 0.25) is 0 Å². The van der Waals surface area contributed by atoms with Gasteiger partial charge in [0, 0.05) is 17.1 Å². The van der Waals surface area contributed by atoms with Crippen LogP contribution in [-0.2, 0) is 18.6 Å². The molecule has 3 heterocycles. The van der Waals surface area contributed by atoms with Crippen molar-refractivity contribution >= 4 is 34.4 Å². The lowest BCUT2D eigenvalue weighted by Gasteiger charge is -2.08. The van der Waals surface area contributed by atoms with Gasteiger partial charge in [0.1, 0.15) is 5.01 Å². The van der Waals surface area contributed by atoms with E-state index < -0.39 is 0 Å². The summed E-state index contributed by atoms with van der Waals surface area (Å²) in [5, 5.41) is 10.5. The summed E-state index contributed by atoms with van der Waals surface area (Å²) >= 11 is 5.58. The van der Waals surface area contributed by atoms with Gasteiger partial charge in [-0.25, -0.2) is 0 Å². The van der Waals surface area contributed by atoms with E-state index >= 15 is 0 Å². The van der Waals surface area contributed by atoms with Gasteiger partial charge < -0.3 is 5.73 Å². The fraction of sp³-hybridized carbons (Fsp3) is 0.455. The van der Waals surface area contributed by atoms with Crippen LogP contribution in [0.15, 0.2) is 6.07 Å². The molecule has 3 nitrogen and oxygen atoms in total. The van der Waals surface area contributed by atoms with E-state index in [0.717, 1.165) is 22.2 Å². The monoisotopic (exact) mass is 283 g/mol. The van der Waals surface area contributed by atoms with Crippen LogP contribution in [0.4, 0.5) is 0 Å². The number of aryl methyl sites for hydroxylation is 1. The van der Waals surface area contributed by atoms with Crippen molar-refractivity contribution in [3.8, 4) is 9.88 Å². The first-order chi connectivity index (χ1) is 8.36. The van der Waals surface area contributed by atoms with E-state index in [1.165, 1.54) is 27.5 Å². The Kier molecular flexibility index (Phi) is 3.46. The van der Waals surface area contributed by atoms with E-state index in [4.69, 9.17) is 5.73 Å². The molecule has 3 rings (SSSR count). The van der Waals surface area contributed by atoms with Crippen LogP contribution in [0.5, 0.6) is 0 Å². The zero-order valence-corrected chi connectivity index (χ0v) is 11.8. The zero-order valence-electron chi connectivity index (χ0n) is 9.31. The van der Waals surface area contributed by atoms with E-state index in [0.29, 0.717) is 6.54 Å². The molecule has 0 bridgehead atoms. The van der Waals surface area contributed by atoms with Gasteiger partial charge in [0.25, 0.3) is 0 Å². The van der Waals surface area contributed by atoms with Crippen LogP contribution < -0.4 is 5.73 Å². The normalized spacial score (nSPS) is 14.9. The highest BCUT2D eigenvalue weighted by molar-refractivity contribution is 7.98. The van der Waals surface area contributed by atoms with Crippen LogP contribution in [0.25, 0.3) is 9.88 Å². The molecule has 0 spiro atoms. The number of hydrogen-bond acceptors (Lipinski definition) is 6. The van der Waals surface area contributed by atoms with Crippen molar-refractivity contribution in [3.63, 3.8) is 0 Å². The predicted molar refractivity (Wildman–Crippen MR) is 75.8 cm³/mol. The second-order valence-electron chi connectivity index (χ2n) is 3.90. The number of fused-ring (bicyclic) bond motifs is 1. The van der Waals surface area contributed by atoms with Crippen molar-refractivity contribution in [2.45, 2.75) is 18.6 Å². The van der Waals surface area contributed by atoms with Crippen LogP contribution in [-0.4, -0.2) is 22.5 Å². The summed E-state index contributed by atoms with van der Waals surface area (Å²) in [5.74, 6) is 2.40. The maximum Gasteiger partial charge on any atom is 0.157 e. The van der Waals surface area contributed by atoms with Crippen LogP contribution >= 0.6 is 34.4 Å². The average Bonchev–Trinajstić information content (AvgIpc) is 2.94. The lowest BCUT2D eigenvalue weighted by Crippen LogP contribution is -2.01. The molecule has 0 aliphatic carbocycles. The van der Waals surface area contributed by atoms with Crippen LogP contribution in [0.3, 0.4) is 0 Å². The molecule has 2 aromatic rings. The summed E-state index contributed by atoms with van der Waals surface area (Å²) in [6.07, 6.45) is 2.04. The molecule has 2 aromatic heterocycles. The molecule has 0 saturated carbocycles. The molecule has 0 unspecified atom stereocenters. The van der Waals surface area contributed by atoms with Gasteiger partial charge in [-0.05, 0) is 30.3 Å². The molecule has 1 aliphatic rings. The van der Waals surface area contributed by atoms with E-state index in [9.17, 15) is 0 Å². The average molecular weight is 283 g/mol. The summed E-state index contributed by atoms with van der Waals surface area (Å²) in [4.78, 5) is 2.81. The van der Waals surface area contributed by atoms with Gasteiger partial charge in [0.15, 0.2) is 5.01 Å². The molecule has 0 atom stereocenters. The number of nitrogens with zero attached hydrogens (tertiary/aromatic N) is 2. The van der Waals surface area contributed by atoms with E-state index in [1.54, 1.807) is 11.3 Å². The standard InChI is InChI=1S/C11H13N3S3/c12-3-1-10-13-14-11(17-10)9-5-7-6-15-4-2-8(7)16-9/h5H,1-4,6,12H2. The van der Waals surface area contributed by atoms with Crippen molar-refractivity contribution in [1.29, 1.82) is 0 Å². The van der Waals surface area contributed by atoms with E-state index in [-0.39, 0.29) is 0 Å². The maximum atomic E-state index is 5.53. The Labute approximate surface area is 112 Å². The molecule has 0 radical (unpaired) electrons. The van der Waals surface area contributed by atoms with Crippen molar-refractivity contribution in [2.24, 2.45) is 5.73 Å². The fourth-order valence-electron chi connectivity index (χ4n) is 1.83. The predicted octanol–water partition coefficient (Wildman–Crippen LogP) is 2.56. The first-order valence-corrected chi connectivity index (χ1v) is 8.38. The lowest BCUT2D eigenvalue weighted by atomic mass is 10.2. The molecule has 17 heavy (non-hydrogen) atoms. The van der Waals surface area contributed by atoms with Crippen LogP contribution in [0.2, 0.25) is 0 Å². The molecule has 0 fully saturated rings. The Morgan fingerprint density at radius 2 is 2.24 bits per heavy atom. The van der Waals surface area contributed by atoms with Crippen molar-refractivity contribution in [2.75, 3.05) is 12.3 Å². The fourth-order valence-corrected chi connectivity index (χ4v) is 5.10. The van der Waals surface area contributed by atoms with Gasteiger partial charge in [0.05, 0.1) is 4.88 Å². The zero-order chi connectivity index (χ0) is 11.7. The SMILES string of the molecule is NCCc1nnc(-c2cc3c(s2)CCSC3)s1. The highest BCUT2D eigenvalue weighted by atomic mass is 32.2. The maximum absolute atomic E-state index is 5.53.